The molecule has 0 radical (unpaired) electrons. The summed E-state index contributed by atoms with van der Waals surface area (Å²) in [6.07, 6.45) is 0. The van der Waals surface area contributed by atoms with Gasteiger partial charge < -0.3 is 9.63 Å². The molecule has 3 nitrogen and oxygen atoms in total. The van der Waals surface area contributed by atoms with Gasteiger partial charge in [-0.3, -0.25) is 0 Å². The van der Waals surface area contributed by atoms with E-state index < -0.39 is 18.2 Å². The minimum atomic E-state index is -1.08. The molecule has 1 N–H and O–H groups in total. The molecule has 1 aromatic heterocycles. The van der Waals surface area contributed by atoms with Crippen LogP contribution in [0.15, 0.2) is 40.9 Å². The Labute approximate surface area is 140 Å². The van der Waals surface area contributed by atoms with Gasteiger partial charge in [0, 0.05) is 10.6 Å². The molecule has 3 aromatic rings. The van der Waals surface area contributed by atoms with Gasteiger partial charge >= 0.3 is 0 Å². The fraction of sp³-hybridized carbons (Fsp3) is 0.0625. The van der Waals surface area contributed by atoms with Crippen LogP contribution in [0.25, 0.3) is 22.6 Å². The second-order valence-electron chi connectivity index (χ2n) is 4.72. The second kappa shape index (κ2) is 6.28. The van der Waals surface area contributed by atoms with Crippen LogP contribution in [0.5, 0.6) is 0 Å². The lowest BCUT2D eigenvalue weighted by Gasteiger charge is -2.05. The fourth-order valence-corrected chi connectivity index (χ4v) is 2.62. The topological polar surface area (TPSA) is 46.3 Å². The Bertz CT molecular complexity index is 861. The molecule has 0 atom stereocenters. The van der Waals surface area contributed by atoms with Crippen molar-refractivity contribution in [3.05, 3.63) is 63.6 Å². The van der Waals surface area contributed by atoms with E-state index >= 15 is 0 Å². The molecule has 1 heterocycles. The van der Waals surface area contributed by atoms with Gasteiger partial charge in [0.25, 0.3) is 0 Å². The van der Waals surface area contributed by atoms with E-state index in [2.05, 4.69) is 5.16 Å². The molecule has 0 aliphatic heterocycles. The lowest BCUT2D eigenvalue weighted by Crippen LogP contribution is -1.93. The molecule has 0 saturated carbocycles. The zero-order chi connectivity index (χ0) is 16.6. The van der Waals surface area contributed by atoms with Gasteiger partial charge in [-0.15, -0.1) is 0 Å². The standard InChI is InChI=1S/C16H9Cl2F2NO2/c17-8-4-5-12(18)10(6-8)15-11(7-22)16(23-21-15)9-2-1-3-13(19)14(9)20/h1-6,22H,7H2. The number of hydrogen-bond donors (Lipinski definition) is 1. The summed E-state index contributed by atoms with van der Waals surface area (Å²) in [6.45, 7) is -0.493. The summed E-state index contributed by atoms with van der Waals surface area (Å²) < 4.78 is 32.5. The summed E-state index contributed by atoms with van der Waals surface area (Å²) in [7, 11) is 0. The van der Waals surface area contributed by atoms with Crippen molar-refractivity contribution in [3.63, 3.8) is 0 Å². The Kier molecular flexibility index (Phi) is 4.35. The first kappa shape index (κ1) is 15.9. The summed E-state index contributed by atoms with van der Waals surface area (Å²) in [4.78, 5) is 0. The summed E-state index contributed by atoms with van der Waals surface area (Å²) in [5, 5.41) is 14.2. The van der Waals surface area contributed by atoms with Gasteiger partial charge in [0.15, 0.2) is 17.4 Å². The molecule has 0 aliphatic rings. The van der Waals surface area contributed by atoms with Crippen molar-refractivity contribution in [1.82, 2.24) is 5.16 Å². The van der Waals surface area contributed by atoms with Crippen LogP contribution in [0.1, 0.15) is 5.56 Å². The highest BCUT2D eigenvalue weighted by molar-refractivity contribution is 6.35. The maximum Gasteiger partial charge on any atom is 0.176 e. The fourth-order valence-electron chi connectivity index (χ4n) is 2.24. The lowest BCUT2D eigenvalue weighted by atomic mass is 10.0. The highest BCUT2D eigenvalue weighted by atomic mass is 35.5. The Morgan fingerprint density at radius 1 is 1.09 bits per heavy atom. The largest absolute Gasteiger partial charge is 0.391 e. The highest BCUT2D eigenvalue weighted by Gasteiger charge is 2.23. The predicted molar refractivity (Wildman–Crippen MR) is 83.2 cm³/mol. The van der Waals surface area contributed by atoms with Gasteiger partial charge in [-0.05, 0) is 30.3 Å². The van der Waals surface area contributed by atoms with Crippen LogP contribution in [0.3, 0.4) is 0 Å². The molecule has 23 heavy (non-hydrogen) atoms. The lowest BCUT2D eigenvalue weighted by molar-refractivity contribution is 0.281. The number of benzene rings is 2. The summed E-state index contributed by atoms with van der Waals surface area (Å²) in [5.41, 5.74) is 0.707. The maximum absolute atomic E-state index is 14.0. The average Bonchev–Trinajstić information content (AvgIpc) is 2.96. The molecule has 0 fully saturated rings. The molecule has 7 heteroatoms. The third-order valence-electron chi connectivity index (χ3n) is 3.33. The quantitative estimate of drug-likeness (QED) is 0.711. The Morgan fingerprint density at radius 3 is 2.61 bits per heavy atom. The van der Waals surface area contributed by atoms with Gasteiger partial charge in [-0.1, -0.05) is 34.4 Å². The monoisotopic (exact) mass is 355 g/mol. The van der Waals surface area contributed by atoms with E-state index in [1.54, 1.807) is 18.2 Å². The number of halogens is 4. The summed E-state index contributed by atoms with van der Waals surface area (Å²) >= 11 is 12.1. The first-order chi connectivity index (χ1) is 11.0. The van der Waals surface area contributed by atoms with Crippen LogP contribution in [0, 0.1) is 11.6 Å². The van der Waals surface area contributed by atoms with Crippen LogP contribution in [0.2, 0.25) is 10.0 Å². The molecule has 0 unspecified atom stereocenters. The second-order valence-corrected chi connectivity index (χ2v) is 5.57. The number of nitrogens with zero attached hydrogens (tertiary/aromatic N) is 1. The van der Waals surface area contributed by atoms with E-state index in [9.17, 15) is 13.9 Å². The molecular formula is C16H9Cl2F2NO2. The molecule has 0 spiro atoms. The minimum Gasteiger partial charge on any atom is -0.391 e. The molecule has 0 amide bonds. The van der Waals surface area contributed by atoms with Gasteiger partial charge in [0.2, 0.25) is 0 Å². The van der Waals surface area contributed by atoms with Crippen molar-refractivity contribution in [2.75, 3.05) is 0 Å². The first-order valence-electron chi connectivity index (χ1n) is 6.52. The van der Waals surface area contributed by atoms with Crippen LogP contribution in [0.4, 0.5) is 8.78 Å². The maximum atomic E-state index is 14.0. The van der Waals surface area contributed by atoms with Gasteiger partial charge in [0.1, 0.15) is 5.69 Å². The van der Waals surface area contributed by atoms with E-state index in [-0.39, 0.29) is 22.6 Å². The number of rotatable bonds is 3. The molecule has 0 aliphatic carbocycles. The molecular weight excluding hydrogens is 347 g/mol. The number of aliphatic hydroxyl groups excluding tert-OH is 1. The van der Waals surface area contributed by atoms with E-state index in [0.29, 0.717) is 15.6 Å². The Balaban J connectivity index is 2.21. The van der Waals surface area contributed by atoms with Crippen molar-refractivity contribution in [2.24, 2.45) is 0 Å². The van der Waals surface area contributed by atoms with Crippen molar-refractivity contribution in [3.8, 4) is 22.6 Å². The van der Waals surface area contributed by atoms with Gasteiger partial charge in [-0.2, -0.15) is 0 Å². The Morgan fingerprint density at radius 2 is 1.87 bits per heavy atom. The van der Waals surface area contributed by atoms with Crippen LogP contribution >= 0.6 is 23.2 Å². The normalized spacial score (nSPS) is 11.0. The molecule has 2 aromatic carbocycles. The van der Waals surface area contributed by atoms with Crippen LogP contribution in [-0.2, 0) is 6.61 Å². The highest BCUT2D eigenvalue weighted by Crippen LogP contribution is 2.37. The molecule has 0 bridgehead atoms. The zero-order valence-corrected chi connectivity index (χ0v) is 13.0. The summed E-state index contributed by atoms with van der Waals surface area (Å²) in [5.74, 6) is -2.16. The predicted octanol–water partition coefficient (Wildman–Crippen LogP) is 5.09. The van der Waals surface area contributed by atoms with E-state index in [4.69, 9.17) is 27.7 Å². The van der Waals surface area contributed by atoms with Crippen LogP contribution in [-0.4, -0.2) is 10.3 Å². The third-order valence-corrected chi connectivity index (χ3v) is 3.89. The smallest absolute Gasteiger partial charge is 0.176 e. The average molecular weight is 356 g/mol. The number of hydrogen-bond acceptors (Lipinski definition) is 3. The van der Waals surface area contributed by atoms with E-state index in [1.165, 1.54) is 12.1 Å². The Hall–Kier alpha value is -1.95. The van der Waals surface area contributed by atoms with Crippen molar-refractivity contribution in [2.45, 2.75) is 6.61 Å². The van der Waals surface area contributed by atoms with Crippen molar-refractivity contribution in [1.29, 1.82) is 0 Å². The van der Waals surface area contributed by atoms with Crippen molar-refractivity contribution < 1.29 is 18.4 Å². The van der Waals surface area contributed by atoms with E-state index in [0.717, 1.165) is 6.07 Å². The van der Waals surface area contributed by atoms with E-state index in [1.807, 2.05) is 0 Å². The zero-order valence-electron chi connectivity index (χ0n) is 11.5. The number of aromatic nitrogens is 1. The molecule has 3 rings (SSSR count). The number of aliphatic hydroxyl groups is 1. The minimum absolute atomic E-state index is 0.0597. The van der Waals surface area contributed by atoms with Crippen molar-refractivity contribution >= 4 is 23.2 Å². The van der Waals surface area contributed by atoms with Gasteiger partial charge in [0.05, 0.1) is 22.8 Å². The third kappa shape index (κ3) is 2.83. The molecule has 118 valence electrons. The van der Waals surface area contributed by atoms with Gasteiger partial charge in [-0.25, -0.2) is 8.78 Å². The first-order valence-corrected chi connectivity index (χ1v) is 7.27. The van der Waals surface area contributed by atoms with Crippen LogP contribution < -0.4 is 0 Å². The summed E-state index contributed by atoms with van der Waals surface area (Å²) in [6, 6.07) is 8.37. The molecule has 0 saturated heterocycles. The SMILES string of the molecule is OCc1c(-c2cc(Cl)ccc2Cl)noc1-c1cccc(F)c1F.